The minimum absolute atomic E-state index is 0. The molecule has 1 fully saturated rings. The molecular weight excluding hydrogens is 523 g/mol. The summed E-state index contributed by atoms with van der Waals surface area (Å²) in [4.78, 5) is 6.95. The van der Waals surface area contributed by atoms with E-state index < -0.39 is 10.0 Å². The van der Waals surface area contributed by atoms with Crippen molar-refractivity contribution in [2.45, 2.75) is 39.7 Å². The van der Waals surface area contributed by atoms with Crippen molar-refractivity contribution in [3.8, 4) is 0 Å². The number of guanidine groups is 1. The Hall–Kier alpha value is -0.430. The number of nitrogens with zero attached hydrogens (tertiary/aromatic N) is 3. The van der Waals surface area contributed by atoms with Crippen LogP contribution in [0.2, 0.25) is 0 Å². The van der Waals surface area contributed by atoms with Crippen LogP contribution in [0.1, 0.15) is 39.2 Å². The van der Waals surface area contributed by atoms with E-state index in [-0.39, 0.29) is 42.4 Å². The predicted octanol–water partition coefficient (Wildman–Crippen LogP) is 2.81. The molecule has 0 aliphatic carbocycles. The summed E-state index contributed by atoms with van der Waals surface area (Å²) in [5.41, 5.74) is 1.31. The smallest absolute Gasteiger partial charge is 0.216 e. The Labute approximate surface area is 197 Å². The highest BCUT2D eigenvalue weighted by molar-refractivity contribution is 14.0. The molecule has 2 heterocycles. The Morgan fingerprint density at radius 3 is 2.52 bits per heavy atom. The fourth-order valence-corrected chi connectivity index (χ4v) is 5.07. The van der Waals surface area contributed by atoms with E-state index in [1.165, 1.54) is 5.56 Å². The van der Waals surface area contributed by atoms with Crippen molar-refractivity contribution < 1.29 is 13.2 Å². The maximum atomic E-state index is 12.5. The number of piperazine rings is 1. The number of halogens is 1. The molecule has 1 atom stereocenters. The molecule has 1 aliphatic rings. The summed E-state index contributed by atoms with van der Waals surface area (Å²) in [7, 11) is -3.27. The fraction of sp³-hybridized carbons (Fsp3) is 0.737. The first-order chi connectivity index (χ1) is 13.3. The number of hydrogen-bond acceptors (Lipinski definition) is 5. The Kier molecular flexibility index (Phi) is 12.0. The molecule has 0 radical (unpaired) electrons. The van der Waals surface area contributed by atoms with Crippen LogP contribution in [0.15, 0.2) is 21.8 Å². The van der Waals surface area contributed by atoms with Crippen molar-refractivity contribution in [1.29, 1.82) is 0 Å². The molecule has 1 aliphatic heterocycles. The maximum Gasteiger partial charge on any atom is 0.216 e. The summed E-state index contributed by atoms with van der Waals surface area (Å²) in [5.74, 6) is 1.27. The van der Waals surface area contributed by atoms with Gasteiger partial charge in [0.15, 0.2) is 5.96 Å². The highest BCUT2D eigenvalue weighted by Crippen LogP contribution is 2.18. The van der Waals surface area contributed by atoms with Gasteiger partial charge in [0.25, 0.3) is 0 Å². The molecule has 1 aromatic rings. The normalized spacial score (nSPS) is 17.3. The summed E-state index contributed by atoms with van der Waals surface area (Å²) in [6.07, 6.45) is 0.0439. The topological polar surface area (TPSA) is 74.2 Å². The van der Waals surface area contributed by atoms with Gasteiger partial charge in [-0.2, -0.15) is 15.6 Å². The number of nitrogens with one attached hydrogen (secondary N) is 1. The Morgan fingerprint density at radius 1 is 1.28 bits per heavy atom. The van der Waals surface area contributed by atoms with Gasteiger partial charge in [-0.3, -0.25) is 4.99 Å². The van der Waals surface area contributed by atoms with Gasteiger partial charge in [0.1, 0.15) is 0 Å². The van der Waals surface area contributed by atoms with Crippen LogP contribution in [0.5, 0.6) is 0 Å². The number of sulfonamides is 1. The lowest BCUT2D eigenvalue weighted by atomic mass is 10.1. The summed E-state index contributed by atoms with van der Waals surface area (Å²) < 4.78 is 32.0. The van der Waals surface area contributed by atoms with Crippen LogP contribution in [-0.4, -0.2) is 81.3 Å². The van der Waals surface area contributed by atoms with Crippen LogP contribution < -0.4 is 5.32 Å². The van der Waals surface area contributed by atoms with E-state index in [0.29, 0.717) is 38.6 Å². The first kappa shape index (κ1) is 26.6. The zero-order valence-corrected chi connectivity index (χ0v) is 21.8. The van der Waals surface area contributed by atoms with E-state index in [2.05, 4.69) is 34.0 Å². The van der Waals surface area contributed by atoms with Crippen molar-refractivity contribution in [3.05, 3.63) is 22.4 Å². The molecule has 1 aromatic heterocycles. The lowest BCUT2D eigenvalue weighted by molar-refractivity contribution is 0.0904. The van der Waals surface area contributed by atoms with Crippen molar-refractivity contribution in [2.75, 3.05) is 51.6 Å². The van der Waals surface area contributed by atoms with Crippen LogP contribution in [-0.2, 0) is 14.8 Å². The highest BCUT2D eigenvalue weighted by Gasteiger charge is 2.28. The van der Waals surface area contributed by atoms with Gasteiger partial charge in [0.2, 0.25) is 10.0 Å². The van der Waals surface area contributed by atoms with Gasteiger partial charge in [-0.1, -0.05) is 6.92 Å². The molecule has 0 spiro atoms. The summed E-state index contributed by atoms with van der Waals surface area (Å²) in [5, 5.41) is 7.60. The first-order valence-corrected chi connectivity index (χ1v) is 12.5. The Morgan fingerprint density at radius 2 is 1.97 bits per heavy atom. The number of rotatable bonds is 9. The zero-order valence-electron chi connectivity index (χ0n) is 17.8. The zero-order chi connectivity index (χ0) is 20.6. The second kappa shape index (κ2) is 13.1. The largest absolute Gasteiger partial charge is 0.378 e. The molecule has 0 saturated carbocycles. The quantitative estimate of drug-likeness (QED) is 0.287. The molecule has 29 heavy (non-hydrogen) atoms. The average molecular weight is 559 g/mol. The molecule has 0 bridgehead atoms. The van der Waals surface area contributed by atoms with Crippen LogP contribution >= 0.6 is 35.3 Å². The number of hydrogen-bond donors (Lipinski definition) is 1. The first-order valence-electron chi connectivity index (χ1n) is 9.98. The van der Waals surface area contributed by atoms with Crippen LogP contribution in [0.4, 0.5) is 0 Å². The lowest BCUT2D eigenvalue weighted by Gasteiger charge is -2.36. The van der Waals surface area contributed by atoms with Gasteiger partial charge in [0.05, 0.1) is 18.5 Å². The molecule has 168 valence electrons. The van der Waals surface area contributed by atoms with E-state index in [0.717, 1.165) is 12.5 Å². The van der Waals surface area contributed by atoms with E-state index in [9.17, 15) is 8.42 Å². The number of ether oxygens (including phenoxy) is 1. The number of aliphatic imine (C=N–C) groups is 1. The third-order valence-corrected chi connectivity index (χ3v) is 7.22. The van der Waals surface area contributed by atoms with E-state index in [1.807, 2.05) is 20.8 Å². The summed E-state index contributed by atoms with van der Waals surface area (Å²) in [6, 6.07) is 2.14. The third-order valence-electron chi connectivity index (χ3n) is 4.69. The van der Waals surface area contributed by atoms with Crippen molar-refractivity contribution in [1.82, 2.24) is 14.5 Å². The van der Waals surface area contributed by atoms with Gasteiger partial charge in [-0.15, -0.1) is 24.0 Å². The molecule has 1 saturated heterocycles. The van der Waals surface area contributed by atoms with Crippen LogP contribution in [0.3, 0.4) is 0 Å². The van der Waals surface area contributed by atoms with Crippen molar-refractivity contribution >= 4 is 51.3 Å². The van der Waals surface area contributed by atoms with Gasteiger partial charge in [-0.25, -0.2) is 8.42 Å². The summed E-state index contributed by atoms with van der Waals surface area (Å²) in [6.45, 7) is 12.0. The molecule has 1 unspecified atom stereocenters. The molecule has 2 rings (SSSR count). The molecule has 7 nitrogen and oxygen atoms in total. The minimum Gasteiger partial charge on any atom is -0.378 e. The van der Waals surface area contributed by atoms with Gasteiger partial charge < -0.3 is 15.0 Å². The maximum absolute atomic E-state index is 12.5. The molecule has 1 N–H and O–H groups in total. The minimum atomic E-state index is -3.27. The van der Waals surface area contributed by atoms with E-state index in [4.69, 9.17) is 9.73 Å². The predicted molar refractivity (Wildman–Crippen MR) is 132 cm³/mol. The molecular formula is C19H35IN4O3S2. The van der Waals surface area contributed by atoms with Gasteiger partial charge in [0, 0.05) is 45.2 Å². The average Bonchev–Trinajstić information content (AvgIpc) is 3.19. The second-order valence-corrected chi connectivity index (χ2v) is 10.1. The van der Waals surface area contributed by atoms with Gasteiger partial charge in [-0.05, 0) is 43.2 Å². The second-order valence-electron chi connectivity index (χ2n) is 7.27. The monoisotopic (exact) mass is 558 g/mol. The standard InChI is InChI=1S/C19H34N4O3S2.HI/c1-5-20-19(21-14-17(4)18-6-12-27-15-18)22-7-9-23(10-8-22)28(24,25)13-11-26-16(2)3;/h6,12,15-17H,5,7-11,13-14H2,1-4H3,(H,20,21);1H. The Balaban J connectivity index is 0.00000420. The molecule has 10 heteroatoms. The molecule has 0 aromatic carbocycles. The summed E-state index contributed by atoms with van der Waals surface area (Å²) >= 11 is 1.70. The van der Waals surface area contributed by atoms with E-state index in [1.54, 1.807) is 15.6 Å². The van der Waals surface area contributed by atoms with Crippen molar-refractivity contribution in [3.63, 3.8) is 0 Å². The van der Waals surface area contributed by atoms with Crippen molar-refractivity contribution in [2.24, 2.45) is 4.99 Å². The number of thiophene rings is 1. The Bertz CT molecular complexity index is 703. The van der Waals surface area contributed by atoms with Gasteiger partial charge >= 0.3 is 0 Å². The molecule has 0 amide bonds. The van der Waals surface area contributed by atoms with Crippen LogP contribution in [0, 0.1) is 0 Å². The fourth-order valence-electron chi connectivity index (χ4n) is 3.01. The van der Waals surface area contributed by atoms with Crippen LogP contribution in [0.25, 0.3) is 0 Å². The third kappa shape index (κ3) is 8.68. The SMILES string of the molecule is CCNC(=NCC(C)c1ccsc1)N1CCN(S(=O)(=O)CCOC(C)C)CC1.I. The lowest BCUT2D eigenvalue weighted by Crippen LogP contribution is -2.54. The highest BCUT2D eigenvalue weighted by atomic mass is 127. The van der Waals surface area contributed by atoms with E-state index >= 15 is 0 Å².